The summed E-state index contributed by atoms with van der Waals surface area (Å²) in [5.41, 5.74) is 0.108. The number of anilines is 1. The van der Waals surface area contributed by atoms with Crippen LogP contribution in [0.3, 0.4) is 0 Å². The molecule has 1 aromatic carbocycles. The van der Waals surface area contributed by atoms with Crippen LogP contribution in [0.4, 0.5) is 5.82 Å². The number of halogens is 1. The minimum atomic E-state index is -4.00. The maximum Gasteiger partial charge on any atom is 0.263 e. The van der Waals surface area contributed by atoms with Crippen LogP contribution in [-0.2, 0) is 10.0 Å². The lowest BCUT2D eigenvalue weighted by atomic mass is 10.1. The number of nitrogens with one attached hydrogen (secondary N) is 1. The summed E-state index contributed by atoms with van der Waals surface area (Å²) < 4.78 is 31.2. The van der Waals surface area contributed by atoms with Gasteiger partial charge in [-0.05, 0) is 49.0 Å². The fraction of sp³-hybridized carbons (Fsp3) is 0.357. The molecule has 1 fully saturated rings. The first-order valence-corrected chi connectivity index (χ1v) is 10.1. The molecule has 3 rings (SSSR count). The molecule has 1 aromatic heterocycles. The number of nitrogens with zero attached hydrogens (tertiary/aromatic N) is 3. The van der Waals surface area contributed by atoms with Crippen LogP contribution in [0, 0.1) is 0 Å². The fourth-order valence-corrected chi connectivity index (χ4v) is 4.48. The molecule has 0 atom stereocenters. The Balaban J connectivity index is 1.97. The Morgan fingerprint density at radius 2 is 2.00 bits per heavy atom. The summed E-state index contributed by atoms with van der Waals surface area (Å²) in [5, 5.41) is 5.37. The maximum absolute atomic E-state index is 12.7. The highest BCUT2D eigenvalue weighted by Gasteiger charge is 2.27. The van der Waals surface area contributed by atoms with E-state index >= 15 is 0 Å². The minimum Gasteiger partial charge on any atom is -0.339 e. The first-order chi connectivity index (χ1) is 11.5. The second kappa shape index (κ2) is 7.04. The standard InChI is InChI=1S/C14H15ClN4O3S2/c15-10-4-5-11(14(20)19-6-2-1-3-7-19)12(8-10)24(21,22)17-13-9-23-18-16-13/h4-5,8-9,17H,1-3,6-7H2. The molecule has 0 bridgehead atoms. The molecule has 7 nitrogen and oxygen atoms in total. The highest BCUT2D eigenvalue weighted by molar-refractivity contribution is 7.92. The van der Waals surface area contributed by atoms with Crippen molar-refractivity contribution in [3.8, 4) is 0 Å². The van der Waals surface area contributed by atoms with E-state index in [1.165, 1.54) is 23.6 Å². The van der Waals surface area contributed by atoms with E-state index in [1.807, 2.05) is 0 Å². The lowest BCUT2D eigenvalue weighted by Crippen LogP contribution is -2.36. The molecule has 128 valence electrons. The van der Waals surface area contributed by atoms with Crippen LogP contribution < -0.4 is 4.72 Å². The molecule has 1 N–H and O–H groups in total. The molecule has 1 aliphatic rings. The Hall–Kier alpha value is -1.71. The van der Waals surface area contributed by atoms with Crippen molar-refractivity contribution in [2.45, 2.75) is 24.2 Å². The van der Waals surface area contributed by atoms with Crippen LogP contribution in [0.25, 0.3) is 0 Å². The Morgan fingerprint density at radius 3 is 2.67 bits per heavy atom. The first-order valence-electron chi connectivity index (χ1n) is 7.36. The second-order valence-electron chi connectivity index (χ2n) is 5.39. The maximum atomic E-state index is 12.7. The predicted molar refractivity (Wildman–Crippen MR) is 91.9 cm³/mol. The van der Waals surface area contributed by atoms with Crippen molar-refractivity contribution >= 4 is 44.9 Å². The van der Waals surface area contributed by atoms with Gasteiger partial charge in [0.2, 0.25) is 0 Å². The number of hydrogen-bond acceptors (Lipinski definition) is 6. The molecule has 0 aliphatic carbocycles. The van der Waals surface area contributed by atoms with E-state index in [4.69, 9.17) is 11.6 Å². The molecule has 2 aromatic rings. The molecule has 0 radical (unpaired) electrons. The number of benzene rings is 1. The number of sulfonamides is 1. The lowest BCUT2D eigenvalue weighted by molar-refractivity contribution is 0.0720. The number of hydrogen-bond donors (Lipinski definition) is 1. The van der Waals surface area contributed by atoms with Gasteiger partial charge < -0.3 is 4.90 Å². The monoisotopic (exact) mass is 386 g/mol. The van der Waals surface area contributed by atoms with Crippen LogP contribution in [0.1, 0.15) is 29.6 Å². The predicted octanol–water partition coefficient (Wildman–Crippen LogP) is 2.62. The molecule has 24 heavy (non-hydrogen) atoms. The summed E-state index contributed by atoms with van der Waals surface area (Å²) in [4.78, 5) is 14.3. The summed E-state index contributed by atoms with van der Waals surface area (Å²) in [6.45, 7) is 1.26. The topological polar surface area (TPSA) is 92.3 Å². The second-order valence-corrected chi connectivity index (χ2v) is 8.09. The minimum absolute atomic E-state index is 0.108. The van der Waals surface area contributed by atoms with Crippen LogP contribution >= 0.6 is 23.1 Å². The van der Waals surface area contributed by atoms with E-state index in [0.29, 0.717) is 13.1 Å². The molecule has 10 heteroatoms. The number of carbonyl (C=O) groups is 1. The number of amides is 1. The average Bonchev–Trinajstić information content (AvgIpc) is 3.07. The number of piperidine rings is 1. The van der Waals surface area contributed by atoms with Crippen molar-refractivity contribution in [1.82, 2.24) is 14.5 Å². The summed E-state index contributed by atoms with van der Waals surface area (Å²) in [6, 6.07) is 4.25. The van der Waals surface area contributed by atoms with E-state index in [9.17, 15) is 13.2 Å². The van der Waals surface area contributed by atoms with E-state index in [-0.39, 0.29) is 27.2 Å². The Labute approximate surface area is 148 Å². The number of likely N-dealkylation sites (tertiary alicyclic amines) is 1. The highest BCUT2D eigenvalue weighted by Crippen LogP contribution is 2.25. The van der Waals surface area contributed by atoms with Gasteiger partial charge in [0.15, 0.2) is 5.82 Å². The largest absolute Gasteiger partial charge is 0.339 e. The quantitative estimate of drug-likeness (QED) is 0.871. The fourth-order valence-electron chi connectivity index (χ4n) is 2.56. The summed E-state index contributed by atoms with van der Waals surface area (Å²) in [6.07, 6.45) is 2.92. The Kier molecular flexibility index (Phi) is 5.02. The van der Waals surface area contributed by atoms with Gasteiger partial charge in [-0.15, -0.1) is 5.10 Å². The zero-order valence-corrected chi connectivity index (χ0v) is 15.0. The zero-order chi connectivity index (χ0) is 17.2. The van der Waals surface area contributed by atoms with Crippen LogP contribution in [0.2, 0.25) is 5.02 Å². The van der Waals surface area contributed by atoms with Gasteiger partial charge in [0.1, 0.15) is 4.90 Å². The van der Waals surface area contributed by atoms with Gasteiger partial charge in [-0.2, -0.15) is 0 Å². The summed E-state index contributed by atoms with van der Waals surface area (Å²) >= 11 is 6.97. The van der Waals surface area contributed by atoms with Crippen molar-refractivity contribution in [2.24, 2.45) is 0 Å². The van der Waals surface area contributed by atoms with Gasteiger partial charge in [-0.1, -0.05) is 16.1 Å². The van der Waals surface area contributed by atoms with Gasteiger partial charge in [-0.25, -0.2) is 8.42 Å². The molecule has 0 spiro atoms. The van der Waals surface area contributed by atoms with Crippen molar-refractivity contribution < 1.29 is 13.2 Å². The van der Waals surface area contributed by atoms with E-state index in [2.05, 4.69) is 14.3 Å². The normalized spacial score (nSPS) is 15.3. The SMILES string of the molecule is O=C(c1ccc(Cl)cc1S(=O)(=O)Nc1csnn1)N1CCCCC1. The third-order valence-electron chi connectivity index (χ3n) is 3.71. The lowest BCUT2D eigenvalue weighted by Gasteiger charge is -2.27. The van der Waals surface area contributed by atoms with Gasteiger partial charge in [0.25, 0.3) is 15.9 Å². The van der Waals surface area contributed by atoms with E-state index in [0.717, 1.165) is 30.8 Å². The van der Waals surface area contributed by atoms with Crippen molar-refractivity contribution in [2.75, 3.05) is 17.8 Å². The molecular formula is C14H15ClN4O3S2. The number of rotatable bonds is 4. The van der Waals surface area contributed by atoms with Crippen molar-refractivity contribution in [1.29, 1.82) is 0 Å². The number of carbonyl (C=O) groups excluding carboxylic acids is 1. The zero-order valence-electron chi connectivity index (χ0n) is 12.6. The molecule has 1 amide bonds. The van der Waals surface area contributed by atoms with Gasteiger partial charge in [0, 0.05) is 18.1 Å². The third-order valence-corrected chi connectivity index (χ3v) is 5.84. The van der Waals surface area contributed by atoms with Gasteiger partial charge >= 0.3 is 0 Å². The number of aromatic nitrogens is 2. The third kappa shape index (κ3) is 3.68. The van der Waals surface area contributed by atoms with Crippen LogP contribution in [0.15, 0.2) is 28.5 Å². The Morgan fingerprint density at radius 1 is 1.25 bits per heavy atom. The van der Waals surface area contributed by atoms with Crippen molar-refractivity contribution in [3.05, 3.63) is 34.2 Å². The molecule has 0 saturated carbocycles. The summed E-state index contributed by atoms with van der Waals surface area (Å²) in [5.74, 6) is -0.195. The average molecular weight is 387 g/mol. The van der Waals surface area contributed by atoms with E-state index in [1.54, 1.807) is 4.90 Å². The molecule has 1 saturated heterocycles. The molecule has 0 unspecified atom stereocenters. The van der Waals surface area contributed by atoms with Crippen molar-refractivity contribution in [3.63, 3.8) is 0 Å². The van der Waals surface area contributed by atoms with Crippen LogP contribution in [0.5, 0.6) is 0 Å². The summed E-state index contributed by atoms with van der Waals surface area (Å²) in [7, 11) is -4.00. The van der Waals surface area contributed by atoms with Gasteiger partial charge in [0.05, 0.1) is 10.9 Å². The Bertz CT molecular complexity index is 834. The molecule has 2 heterocycles. The molecular weight excluding hydrogens is 372 g/mol. The highest BCUT2D eigenvalue weighted by atomic mass is 35.5. The van der Waals surface area contributed by atoms with E-state index < -0.39 is 10.0 Å². The smallest absolute Gasteiger partial charge is 0.263 e. The van der Waals surface area contributed by atoms with Crippen LogP contribution in [-0.4, -0.2) is 41.9 Å². The molecule has 1 aliphatic heterocycles. The first kappa shape index (κ1) is 17.1. The van der Waals surface area contributed by atoms with Gasteiger partial charge in [-0.3, -0.25) is 9.52 Å².